The number of aromatic amines is 1. The van der Waals surface area contributed by atoms with Crippen molar-refractivity contribution in [2.24, 2.45) is 0 Å². The van der Waals surface area contributed by atoms with Crippen LogP contribution in [0.2, 0.25) is 0 Å². The third kappa shape index (κ3) is 3.18. The summed E-state index contributed by atoms with van der Waals surface area (Å²) in [7, 11) is 0. The quantitative estimate of drug-likeness (QED) is 0.724. The van der Waals surface area contributed by atoms with Crippen molar-refractivity contribution in [1.82, 2.24) is 15.3 Å². The van der Waals surface area contributed by atoms with Crippen LogP contribution in [0, 0.1) is 0 Å². The van der Waals surface area contributed by atoms with Gasteiger partial charge in [-0.1, -0.05) is 12.8 Å². The highest BCUT2D eigenvalue weighted by atomic mass is 16.4. The molecule has 1 aliphatic rings. The van der Waals surface area contributed by atoms with E-state index in [1.165, 1.54) is 6.20 Å². The van der Waals surface area contributed by atoms with Crippen molar-refractivity contribution in [3.63, 3.8) is 0 Å². The molecule has 7 heteroatoms. The van der Waals surface area contributed by atoms with Gasteiger partial charge in [0.05, 0.1) is 18.2 Å². The van der Waals surface area contributed by atoms with Crippen LogP contribution in [-0.2, 0) is 4.79 Å². The average Bonchev–Trinajstić information content (AvgIpc) is 2.77. The molecule has 1 aromatic heterocycles. The molecule has 0 radical (unpaired) electrons. The van der Waals surface area contributed by atoms with Gasteiger partial charge in [0.2, 0.25) is 0 Å². The van der Waals surface area contributed by atoms with E-state index in [4.69, 9.17) is 5.11 Å². The number of carboxylic acids is 1. The van der Waals surface area contributed by atoms with E-state index in [0.29, 0.717) is 12.8 Å². The van der Waals surface area contributed by atoms with E-state index in [0.717, 1.165) is 19.0 Å². The van der Waals surface area contributed by atoms with Gasteiger partial charge in [0.1, 0.15) is 5.69 Å². The minimum Gasteiger partial charge on any atom is -0.481 e. The van der Waals surface area contributed by atoms with E-state index < -0.39 is 23.0 Å². The van der Waals surface area contributed by atoms with Crippen LogP contribution in [-0.4, -0.2) is 32.5 Å². The molecule has 3 N–H and O–H groups in total. The number of carbonyl (C=O) groups excluding carboxylic acids is 1. The number of rotatable bonds is 4. The molecule has 1 fully saturated rings. The molecular weight excluding hydrogens is 250 g/mol. The molecule has 2 rings (SSSR count). The summed E-state index contributed by atoms with van der Waals surface area (Å²) in [6.07, 6.45) is 5.23. The van der Waals surface area contributed by atoms with Gasteiger partial charge in [-0.2, -0.15) is 0 Å². The van der Waals surface area contributed by atoms with E-state index >= 15 is 0 Å². The Balaban J connectivity index is 2.13. The Kier molecular flexibility index (Phi) is 3.64. The van der Waals surface area contributed by atoms with Gasteiger partial charge < -0.3 is 15.4 Å². The first-order chi connectivity index (χ1) is 9.01. The number of nitrogens with one attached hydrogen (secondary N) is 2. The summed E-state index contributed by atoms with van der Waals surface area (Å²) in [5, 5.41) is 11.7. The number of hydrogen-bond donors (Lipinski definition) is 3. The number of aromatic nitrogens is 2. The van der Waals surface area contributed by atoms with Gasteiger partial charge >= 0.3 is 5.97 Å². The lowest BCUT2D eigenvalue weighted by Gasteiger charge is -2.28. The molecule has 0 aromatic carbocycles. The SMILES string of the molecule is O=C(O)CC1(NC(=O)c2c[nH]c(=O)cn2)CCCC1. The van der Waals surface area contributed by atoms with Crippen LogP contribution in [0.3, 0.4) is 0 Å². The number of aliphatic carboxylic acids is 1. The van der Waals surface area contributed by atoms with Crippen LogP contribution in [0.4, 0.5) is 0 Å². The van der Waals surface area contributed by atoms with Gasteiger partial charge in [0, 0.05) is 6.20 Å². The first-order valence-corrected chi connectivity index (χ1v) is 6.10. The molecular formula is C12H15N3O4. The number of nitrogens with zero attached hydrogens (tertiary/aromatic N) is 1. The van der Waals surface area contributed by atoms with Gasteiger partial charge in [-0.3, -0.25) is 14.4 Å². The van der Waals surface area contributed by atoms with Crippen molar-refractivity contribution in [3.05, 3.63) is 28.4 Å². The smallest absolute Gasteiger partial charge is 0.305 e. The maximum Gasteiger partial charge on any atom is 0.305 e. The Bertz CT molecular complexity index is 526. The summed E-state index contributed by atoms with van der Waals surface area (Å²) in [6.45, 7) is 0. The summed E-state index contributed by atoms with van der Waals surface area (Å²) in [5.74, 6) is -1.39. The number of H-pyrrole nitrogens is 1. The molecule has 0 unspecified atom stereocenters. The van der Waals surface area contributed by atoms with E-state index in [1.54, 1.807) is 0 Å². The van der Waals surface area contributed by atoms with Crippen LogP contribution in [0.5, 0.6) is 0 Å². The Labute approximate surface area is 109 Å². The van der Waals surface area contributed by atoms with Gasteiger partial charge in [-0.05, 0) is 12.8 Å². The second-order valence-corrected chi connectivity index (χ2v) is 4.81. The number of carbonyl (C=O) groups is 2. The van der Waals surface area contributed by atoms with Crippen molar-refractivity contribution < 1.29 is 14.7 Å². The summed E-state index contributed by atoms with van der Waals surface area (Å²) < 4.78 is 0. The molecule has 1 heterocycles. The molecule has 0 aliphatic heterocycles. The molecule has 0 atom stereocenters. The molecule has 1 amide bonds. The molecule has 19 heavy (non-hydrogen) atoms. The third-order valence-electron chi connectivity index (χ3n) is 3.33. The second kappa shape index (κ2) is 5.21. The maximum atomic E-state index is 12.0. The molecule has 0 spiro atoms. The minimum absolute atomic E-state index is 0.0799. The van der Waals surface area contributed by atoms with Crippen molar-refractivity contribution >= 4 is 11.9 Å². The standard InChI is InChI=1S/C12H15N3O4/c16-9-7-13-8(6-14-9)11(19)15-12(5-10(17)18)3-1-2-4-12/h6-7H,1-5H2,(H,14,16)(H,15,19)(H,17,18). The van der Waals surface area contributed by atoms with Crippen LogP contribution in [0.1, 0.15) is 42.6 Å². The first-order valence-electron chi connectivity index (χ1n) is 6.10. The molecule has 7 nitrogen and oxygen atoms in total. The molecule has 0 saturated heterocycles. The van der Waals surface area contributed by atoms with Crippen molar-refractivity contribution in [2.45, 2.75) is 37.6 Å². The topological polar surface area (TPSA) is 112 Å². The van der Waals surface area contributed by atoms with Crippen LogP contribution in [0.25, 0.3) is 0 Å². The molecule has 1 saturated carbocycles. The third-order valence-corrected chi connectivity index (χ3v) is 3.33. The first kappa shape index (κ1) is 13.3. The van der Waals surface area contributed by atoms with E-state index in [9.17, 15) is 14.4 Å². The van der Waals surface area contributed by atoms with Crippen LogP contribution >= 0.6 is 0 Å². The van der Waals surface area contributed by atoms with Gasteiger partial charge in [0.15, 0.2) is 0 Å². The summed E-state index contributed by atoms with van der Waals surface area (Å²) >= 11 is 0. The number of carboxylic acid groups (broad SMARTS) is 1. The predicted octanol–water partition coefficient (Wildman–Crippen LogP) is 0.287. The van der Waals surface area contributed by atoms with Gasteiger partial charge in [0.25, 0.3) is 11.5 Å². The van der Waals surface area contributed by atoms with Crippen molar-refractivity contribution in [2.75, 3.05) is 0 Å². The zero-order valence-electron chi connectivity index (χ0n) is 10.3. The summed E-state index contributed by atoms with van der Waals surface area (Å²) in [4.78, 5) is 39.9. The van der Waals surface area contributed by atoms with Gasteiger partial charge in [-0.15, -0.1) is 0 Å². The van der Waals surface area contributed by atoms with E-state index in [-0.39, 0.29) is 12.1 Å². The predicted molar refractivity (Wildman–Crippen MR) is 65.8 cm³/mol. The fourth-order valence-electron chi connectivity index (χ4n) is 2.46. The number of amides is 1. The molecule has 1 aliphatic carbocycles. The molecule has 102 valence electrons. The highest BCUT2D eigenvalue weighted by Gasteiger charge is 2.37. The van der Waals surface area contributed by atoms with Gasteiger partial charge in [-0.25, -0.2) is 4.98 Å². The van der Waals surface area contributed by atoms with Crippen molar-refractivity contribution in [3.8, 4) is 0 Å². The van der Waals surface area contributed by atoms with Crippen LogP contribution in [0.15, 0.2) is 17.2 Å². The Hall–Kier alpha value is -2.18. The second-order valence-electron chi connectivity index (χ2n) is 4.81. The Morgan fingerprint density at radius 3 is 2.63 bits per heavy atom. The van der Waals surface area contributed by atoms with Crippen molar-refractivity contribution in [1.29, 1.82) is 0 Å². The monoisotopic (exact) mass is 265 g/mol. The molecule has 0 bridgehead atoms. The average molecular weight is 265 g/mol. The lowest BCUT2D eigenvalue weighted by molar-refractivity contribution is -0.138. The lowest BCUT2D eigenvalue weighted by atomic mass is 9.93. The van der Waals surface area contributed by atoms with E-state index in [1.807, 2.05) is 0 Å². The fraction of sp³-hybridized carbons (Fsp3) is 0.500. The largest absolute Gasteiger partial charge is 0.481 e. The fourth-order valence-corrected chi connectivity index (χ4v) is 2.46. The Morgan fingerprint density at radius 2 is 2.11 bits per heavy atom. The Morgan fingerprint density at radius 1 is 1.42 bits per heavy atom. The highest BCUT2D eigenvalue weighted by Crippen LogP contribution is 2.32. The maximum absolute atomic E-state index is 12.0. The zero-order valence-corrected chi connectivity index (χ0v) is 10.3. The zero-order chi connectivity index (χ0) is 13.9. The molecule has 1 aromatic rings. The van der Waals surface area contributed by atoms with E-state index in [2.05, 4.69) is 15.3 Å². The highest BCUT2D eigenvalue weighted by molar-refractivity contribution is 5.92. The summed E-state index contributed by atoms with van der Waals surface area (Å²) in [6, 6.07) is 0. The number of hydrogen-bond acceptors (Lipinski definition) is 4. The normalized spacial score (nSPS) is 17.1. The van der Waals surface area contributed by atoms with Crippen LogP contribution < -0.4 is 10.9 Å². The lowest BCUT2D eigenvalue weighted by Crippen LogP contribution is -2.48. The minimum atomic E-state index is -0.934. The summed E-state index contributed by atoms with van der Waals surface area (Å²) in [5.41, 5.74) is -1.00.